The van der Waals surface area contributed by atoms with Crippen LogP contribution in [0.25, 0.3) is 0 Å². The minimum Gasteiger partial charge on any atom is -0.379 e. The van der Waals surface area contributed by atoms with Crippen molar-refractivity contribution in [3.8, 4) is 0 Å². The molecule has 1 nitrogen and oxygen atoms in total. The predicted molar refractivity (Wildman–Crippen MR) is 67.0 cm³/mol. The Labute approximate surface area is 97.2 Å². The van der Waals surface area contributed by atoms with Crippen LogP contribution in [0.4, 0.5) is 0 Å². The van der Waals surface area contributed by atoms with Crippen molar-refractivity contribution in [1.82, 2.24) is 0 Å². The molecule has 0 amide bonds. The second-order valence-electron chi connectivity index (χ2n) is 4.70. The smallest absolute Gasteiger partial charge is 0.0593 e. The average Bonchev–Trinajstić information content (AvgIpc) is 2.07. The van der Waals surface area contributed by atoms with E-state index in [2.05, 4.69) is 45.5 Å². The lowest BCUT2D eigenvalue weighted by Crippen LogP contribution is -2.49. The van der Waals surface area contributed by atoms with Crippen molar-refractivity contribution < 1.29 is 4.74 Å². The normalized spacial score (nSPS) is 18.7. The van der Waals surface area contributed by atoms with Crippen molar-refractivity contribution in [1.29, 1.82) is 0 Å². The van der Waals surface area contributed by atoms with Crippen LogP contribution in [0.5, 0.6) is 0 Å². The lowest BCUT2D eigenvalue weighted by molar-refractivity contribution is -0.0476. The van der Waals surface area contributed by atoms with Crippen LogP contribution in [0.1, 0.15) is 22.3 Å². The van der Waals surface area contributed by atoms with Crippen LogP contribution in [-0.4, -0.2) is 19.0 Å². The Morgan fingerprint density at radius 3 is 2.07 bits per heavy atom. The number of thiol groups is 1. The van der Waals surface area contributed by atoms with Gasteiger partial charge in [0, 0.05) is 5.75 Å². The Hall–Kier alpha value is -0.470. The van der Waals surface area contributed by atoms with E-state index in [-0.39, 0.29) is 5.41 Å². The highest BCUT2D eigenvalue weighted by Gasteiger charge is 2.40. The van der Waals surface area contributed by atoms with E-state index in [0.29, 0.717) is 0 Å². The highest BCUT2D eigenvalue weighted by Crippen LogP contribution is 2.37. The zero-order valence-electron chi connectivity index (χ0n) is 9.63. The van der Waals surface area contributed by atoms with Crippen molar-refractivity contribution in [3.63, 3.8) is 0 Å². The summed E-state index contributed by atoms with van der Waals surface area (Å²) in [5, 5.41) is 0. The maximum Gasteiger partial charge on any atom is 0.0593 e. The summed E-state index contributed by atoms with van der Waals surface area (Å²) in [5.41, 5.74) is 5.72. The van der Waals surface area contributed by atoms with Crippen molar-refractivity contribution in [2.75, 3.05) is 19.0 Å². The first-order valence-corrected chi connectivity index (χ1v) is 5.99. The molecule has 0 N–H and O–H groups in total. The van der Waals surface area contributed by atoms with Gasteiger partial charge in [-0.2, -0.15) is 12.6 Å². The van der Waals surface area contributed by atoms with Gasteiger partial charge in [0.2, 0.25) is 0 Å². The third-order valence-electron chi connectivity index (χ3n) is 3.27. The van der Waals surface area contributed by atoms with E-state index in [9.17, 15) is 0 Å². The lowest BCUT2D eigenvalue weighted by Gasteiger charge is -2.42. The molecule has 0 unspecified atom stereocenters. The molecule has 0 aromatic heterocycles. The fourth-order valence-electron chi connectivity index (χ4n) is 2.68. The third kappa shape index (κ3) is 1.70. The zero-order valence-corrected chi connectivity index (χ0v) is 10.5. The molecule has 1 heterocycles. The van der Waals surface area contributed by atoms with E-state index in [1.807, 2.05) is 0 Å². The van der Waals surface area contributed by atoms with Crippen LogP contribution < -0.4 is 0 Å². The largest absolute Gasteiger partial charge is 0.379 e. The van der Waals surface area contributed by atoms with Gasteiger partial charge in [-0.05, 0) is 37.5 Å². The molecule has 1 saturated heterocycles. The first-order valence-electron chi connectivity index (χ1n) is 5.36. The third-order valence-corrected chi connectivity index (χ3v) is 3.87. The fourth-order valence-corrected chi connectivity index (χ4v) is 3.02. The van der Waals surface area contributed by atoms with E-state index < -0.39 is 0 Å². The minimum atomic E-state index is 0.172. The summed E-state index contributed by atoms with van der Waals surface area (Å²) in [4.78, 5) is 0. The quantitative estimate of drug-likeness (QED) is 0.757. The molecule has 0 radical (unpaired) electrons. The standard InChI is InChI=1S/C13H18OS/c1-9-4-10(2)12(11(3)5-9)13(8-15)6-14-7-13/h4-5,15H,6-8H2,1-3H3. The van der Waals surface area contributed by atoms with Crippen LogP contribution in [0.2, 0.25) is 0 Å². The summed E-state index contributed by atoms with van der Waals surface area (Å²) in [6, 6.07) is 4.51. The van der Waals surface area contributed by atoms with E-state index in [1.165, 1.54) is 22.3 Å². The number of benzene rings is 1. The molecule has 2 heteroatoms. The molecule has 15 heavy (non-hydrogen) atoms. The molecule has 1 aliphatic heterocycles. The number of aryl methyl sites for hydroxylation is 3. The Morgan fingerprint density at radius 1 is 1.20 bits per heavy atom. The summed E-state index contributed by atoms with van der Waals surface area (Å²) in [7, 11) is 0. The fraction of sp³-hybridized carbons (Fsp3) is 0.538. The van der Waals surface area contributed by atoms with Gasteiger partial charge < -0.3 is 4.74 Å². The molecule has 1 aromatic rings. The lowest BCUT2D eigenvalue weighted by atomic mass is 9.75. The summed E-state index contributed by atoms with van der Waals surface area (Å²) in [5.74, 6) is 0.873. The Kier molecular flexibility index (Phi) is 2.82. The van der Waals surface area contributed by atoms with E-state index in [0.717, 1.165) is 19.0 Å². The summed E-state index contributed by atoms with van der Waals surface area (Å²) >= 11 is 4.48. The zero-order chi connectivity index (χ0) is 11.1. The molecule has 0 saturated carbocycles. The minimum absolute atomic E-state index is 0.172. The Balaban J connectivity index is 2.52. The van der Waals surface area contributed by atoms with Gasteiger partial charge in [0.25, 0.3) is 0 Å². The van der Waals surface area contributed by atoms with Gasteiger partial charge in [-0.1, -0.05) is 17.7 Å². The van der Waals surface area contributed by atoms with Gasteiger partial charge in [0.05, 0.1) is 18.6 Å². The van der Waals surface area contributed by atoms with Crippen LogP contribution in [-0.2, 0) is 10.2 Å². The van der Waals surface area contributed by atoms with Crippen molar-refractivity contribution in [2.45, 2.75) is 26.2 Å². The van der Waals surface area contributed by atoms with Gasteiger partial charge in [-0.3, -0.25) is 0 Å². The second kappa shape index (κ2) is 3.84. The summed E-state index contributed by atoms with van der Waals surface area (Å²) in [6.07, 6.45) is 0. The molecule has 1 aromatic carbocycles. The van der Waals surface area contributed by atoms with Gasteiger partial charge in [-0.25, -0.2) is 0 Å². The molecule has 1 aliphatic rings. The van der Waals surface area contributed by atoms with Crippen LogP contribution >= 0.6 is 12.6 Å². The topological polar surface area (TPSA) is 9.23 Å². The Bertz CT molecular complexity index is 352. The van der Waals surface area contributed by atoms with Gasteiger partial charge in [-0.15, -0.1) is 0 Å². The Morgan fingerprint density at radius 2 is 1.73 bits per heavy atom. The molecular formula is C13H18OS. The molecule has 2 rings (SSSR count). The van der Waals surface area contributed by atoms with Crippen LogP contribution in [0.15, 0.2) is 12.1 Å². The van der Waals surface area contributed by atoms with Crippen molar-refractivity contribution in [3.05, 3.63) is 34.4 Å². The SMILES string of the molecule is Cc1cc(C)c(C2(CS)COC2)c(C)c1. The molecule has 82 valence electrons. The number of hydrogen-bond donors (Lipinski definition) is 1. The predicted octanol–water partition coefficient (Wildman–Crippen LogP) is 2.81. The molecule has 0 atom stereocenters. The second-order valence-corrected chi connectivity index (χ2v) is 5.02. The highest BCUT2D eigenvalue weighted by atomic mass is 32.1. The first-order chi connectivity index (χ1) is 7.09. The molecule has 0 aliphatic carbocycles. The molecule has 0 spiro atoms. The van der Waals surface area contributed by atoms with Gasteiger partial charge in [0.15, 0.2) is 0 Å². The summed E-state index contributed by atoms with van der Waals surface area (Å²) < 4.78 is 5.37. The van der Waals surface area contributed by atoms with Crippen LogP contribution in [0.3, 0.4) is 0 Å². The maximum absolute atomic E-state index is 5.37. The number of ether oxygens (including phenoxy) is 1. The van der Waals surface area contributed by atoms with E-state index in [1.54, 1.807) is 0 Å². The van der Waals surface area contributed by atoms with E-state index >= 15 is 0 Å². The maximum atomic E-state index is 5.37. The van der Waals surface area contributed by atoms with Crippen molar-refractivity contribution in [2.24, 2.45) is 0 Å². The van der Waals surface area contributed by atoms with Gasteiger partial charge in [0.1, 0.15) is 0 Å². The highest BCUT2D eigenvalue weighted by molar-refractivity contribution is 7.80. The first kappa shape index (κ1) is 11.0. The monoisotopic (exact) mass is 222 g/mol. The van der Waals surface area contributed by atoms with Crippen LogP contribution in [0, 0.1) is 20.8 Å². The molecule has 0 bridgehead atoms. The van der Waals surface area contributed by atoms with Gasteiger partial charge >= 0.3 is 0 Å². The van der Waals surface area contributed by atoms with Crippen molar-refractivity contribution >= 4 is 12.6 Å². The average molecular weight is 222 g/mol. The number of rotatable bonds is 2. The summed E-state index contributed by atoms with van der Waals surface area (Å²) in [6.45, 7) is 8.18. The number of hydrogen-bond acceptors (Lipinski definition) is 2. The molecule has 1 fully saturated rings. The molecular weight excluding hydrogens is 204 g/mol. The van der Waals surface area contributed by atoms with E-state index in [4.69, 9.17) is 4.74 Å².